The zero-order chi connectivity index (χ0) is 20.5. The van der Waals surface area contributed by atoms with Gasteiger partial charge in [0, 0.05) is 17.1 Å². The Kier molecular flexibility index (Phi) is 5.52. The summed E-state index contributed by atoms with van der Waals surface area (Å²) in [5, 5.41) is 12.4. The molecule has 6 nitrogen and oxygen atoms in total. The molecule has 0 saturated heterocycles. The Hall–Kier alpha value is -2.51. The molecule has 8 heteroatoms. The summed E-state index contributed by atoms with van der Waals surface area (Å²) in [5.41, 5.74) is 7.34. The van der Waals surface area contributed by atoms with Gasteiger partial charge in [0.2, 0.25) is 11.1 Å². The van der Waals surface area contributed by atoms with Gasteiger partial charge in [0.15, 0.2) is 5.82 Å². The quantitative estimate of drug-likeness (QED) is 0.641. The number of amides is 1. The van der Waals surface area contributed by atoms with E-state index < -0.39 is 5.25 Å². The van der Waals surface area contributed by atoms with Crippen molar-refractivity contribution in [2.45, 2.75) is 43.6 Å². The molecule has 0 spiro atoms. The summed E-state index contributed by atoms with van der Waals surface area (Å²) in [6.07, 6.45) is 0.750. The number of thioether (sulfide) groups is 1. The zero-order valence-corrected chi connectivity index (χ0v) is 18.0. The molecule has 2 N–H and O–H groups in total. The van der Waals surface area contributed by atoms with Crippen LogP contribution in [-0.2, 0) is 11.2 Å². The van der Waals surface area contributed by atoms with Crippen LogP contribution >= 0.6 is 23.4 Å². The second-order valence-corrected chi connectivity index (χ2v) is 8.64. The molecule has 0 aliphatic carbocycles. The van der Waals surface area contributed by atoms with Crippen molar-refractivity contribution in [1.29, 1.82) is 0 Å². The fraction of sp³-hybridized carbons (Fsp3) is 0.286. The lowest BCUT2D eigenvalue weighted by Crippen LogP contribution is -2.41. The molecule has 2 heterocycles. The number of hydrogen-bond acceptors (Lipinski definition) is 5. The molecule has 1 aromatic heterocycles. The molecule has 1 aliphatic heterocycles. The highest BCUT2D eigenvalue weighted by Crippen LogP contribution is 2.38. The predicted octanol–water partition coefficient (Wildman–Crippen LogP) is 4.51. The third kappa shape index (κ3) is 3.97. The fourth-order valence-corrected chi connectivity index (χ4v) is 4.56. The number of benzene rings is 2. The van der Waals surface area contributed by atoms with Gasteiger partial charge in [-0.3, -0.25) is 4.79 Å². The van der Waals surface area contributed by atoms with Gasteiger partial charge in [-0.2, -0.15) is 0 Å². The topological polar surface area (TPSA) is 71.8 Å². The minimum Gasteiger partial charge on any atom is -0.325 e. The summed E-state index contributed by atoms with van der Waals surface area (Å²) >= 11 is 7.54. The normalized spacial score (nSPS) is 18.1. The van der Waals surface area contributed by atoms with Crippen molar-refractivity contribution >= 4 is 35.0 Å². The van der Waals surface area contributed by atoms with E-state index >= 15 is 0 Å². The van der Waals surface area contributed by atoms with Crippen LogP contribution in [0.3, 0.4) is 0 Å². The number of nitrogens with zero attached hydrogens (tertiary/aromatic N) is 3. The molecular formula is C21H22ClN5OS. The molecule has 0 unspecified atom stereocenters. The first-order valence-electron chi connectivity index (χ1n) is 9.47. The van der Waals surface area contributed by atoms with Crippen LogP contribution in [0.4, 0.5) is 5.69 Å². The van der Waals surface area contributed by atoms with Crippen molar-refractivity contribution < 1.29 is 4.79 Å². The van der Waals surface area contributed by atoms with Crippen molar-refractivity contribution in [3.05, 3.63) is 70.0 Å². The Labute approximate surface area is 179 Å². The molecule has 0 radical (unpaired) electrons. The Balaban J connectivity index is 1.68. The number of halogens is 1. The summed E-state index contributed by atoms with van der Waals surface area (Å²) in [7, 11) is 0. The number of nitrogens with one attached hydrogen (secondary N) is 2. The molecule has 0 bridgehead atoms. The van der Waals surface area contributed by atoms with E-state index in [2.05, 4.69) is 45.2 Å². The van der Waals surface area contributed by atoms with E-state index in [9.17, 15) is 4.79 Å². The maximum Gasteiger partial charge on any atom is 0.240 e. The molecule has 3 aromatic rings. The third-order valence-corrected chi connectivity index (χ3v) is 6.42. The molecule has 150 valence electrons. The van der Waals surface area contributed by atoms with E-state index in [1.165, 1.54) is 17.3 Å². The number of hydrogen-bond donors (Lipinski definition) is 2. The molecule has 29 heavy (non-hydrogen) atoms. The maximum absolute atomic E-state index is 13.3. The average molecular weight is 428 g/mol. The Morgan fingerprint density at radius 1 is 1.21 bits per heavy atom. The molecule has 2 aromatic carbocycles. The first-order chi connectivity index (χ1) is 14.0. The lowest BCUT2D eigenvalue weighted by Gasteiger charge is -2.33. The highest BCUT2D eigenvalue weighted by Gasteiger charge is 2.37. The van der Waals surface area contributed by atoms with Crippen molar-refractivity contribution in [1.82, 2.24) is 14.9 Å². The second kappa shape index (κ2) is 8.08. The largest absolute Gasteiger partial charge is 0.325 e. The molecule has 0 fully saturated rings. The third-order valence-electron chi connectivity index (χ3n) is 4.97. The molecule has 4 rings (SSSR count). The van der Waals surface area contributed by atoms with Gasteiger partial charge in [-0.15, -0.1) is 10.2 Å². The maximum atomic E-state index is 13.3. The smallest absolute Gasteiger partial charge is 0.240 e. The standard InChI is InChI=1S/C21H22ClN5OS/c1-4-17-24-25-21-27(17)26-18(14-8-5-12(2)6-9-14)19(29-21)20(28)23-16-11-15(22)10-7-13(16)3/h5-11,18-19,26H,4H2,1-3H3,(H,23,28)/t18-,19+/m0/s1. The number of carbonyl (C=O) groups is 1. The molecule has 2 atom stereocenters. The summed E-state index contributed by atoms with van der Waals surface area (Å²) in [6, 6.07) is 13.5. The van der Waals surface area contributed by atoms with Crippen LogP contribution in [0.1, 0.15) is 35.5 Å². The van der Waals surface area contributed by atoms with Crippen LogP contribution < -0.4 is 10.7 Å². The number of rotatable bonds is 4. The van der Waals surface area contributed by atoms with Crippen LogP contribution in [0.25, 0.3) is 0 Å². The van der Waals surface area contributed by atoms with Gasteiger partial charge in [0.1, 0.15) is 5.25 Å². The van der Waals surface area contributed by atoms with E-state index in [-0.39, 0.29) is 11.9 Å². The van der Waals surface area contributed by atoms with E-state index in [0.29, 0.717) is 15.9 Å². The minimum absolute atomic E-state index is 0.106. The van der Waals surface area contributed by atoms with Crippen molar-refractivity contribution in [3.63, 3.8) is 0 Å². The van der Waals surface area contributed by atoms with Gasteiger partial charge >= 0.3 is 0 Å². The van der Waals surface area contributed by atoms with Crippen LogP contribution in [-0.4, -0.2) is 26.0 Å². The number of fused-ring (bicyclic) bond motifs is 1. The van der Waals surface area contributed by atoms with E-state index in [0.717, 1.165) is 23.4 Å². The monoisotopic (exact) mass is 427 g/mol. The number of aryl methyl sites for hydroxylation is 3. The average Bonchev–Trinajstić information content (AvgIpc) is 3.12. The van der Waals surface area contributed by atoms with Gasteiger partial charge in [-0.1, -0.05) is 66.2 Å². The van der Waals surface area contributed by atoms with Crippen molar-refractivity contribution in [2.24, 2.45) is 0 Å². The van der Waals surface area contributed by atoms with Crippen LogP contribution in [0, 0.1) is 13.8 Å². The predicted molar refractivity (Wildman–Crippen MR) is 117 cm³/mol. The molecule has 1 aliphatic rings. The summed E-state index contributed by atoms with van der Waals surface area (Å²) in [6.45, 7) is 6.02. The van der Waals surface area contributed by atoms with Gasteiger partial charge in [0.05, 0.1) is 6.04 Å². The molecular weight excluding hydrogens is 406 g/mol. The van der Waals surface area contributed by atoms with Gasteiger partial charge < -0.3 is 10.7 Å². The Bertz CT molecular complexity index is 1050. The first-order valence-corrected chi connectivity index (χ1v) is 10.7. The molecule has 1 amide bonds. The van der Waals surface area contributed by atoms with Crippen molar-refractivity contribution in [3.8, 4) is 0 Å². The first kappa shape index (κ1) is 19.8. The zero-order valence-electron chi connectivity index (χ0n) is 16.4. The summed E-state index contributed by atoms with van der Waals surface area (Å²) < 4.78 is 1.89. The van der Waals surface area contributed by atoms with Crippen LogP contribution in [0.15, 0.2) is 47.6 Å². The number of anilines is 1. The minimum atomic E-state index is -0.419. The fourth-order valence-electron chi connectivity index (χ4n) is 3.28. The number of aromatic nitrogens is 3. The Morgan fingerprint density at radius 3 is 2.69 bits per heavy atom. The van der Waals surface area contributed by atoms with Crippen LogP contribution in [0.2, 0.25) is 5.02 Å². The van der Waals surface area contributed by atoms with E-state index in [4.69, 9.17) is 11.6 Å². The Morgan fingerprint density at radius 2 is 1.97 bits per heavy atom. The number of carbonyl (C=O) groups excluding carboxylic acids is 1. The van der Waals surface area contributed by atoms with Gasteiger partial charge in [-0.25, -0.2) is 4.68 Å². The van der Waals surface area contributed by atoms with Gasteiger partial charge in [-0.05, 0) is 37.1 Å². The SMILES string of the molecule is CCc1nnc2n1N[C@@H](c1ccc(C)cc1)[C@H](C(=O)Nc1cc(Cl)ccc1C)S2. The summed E-state index contributed by atoms with van der Waals surface area (Å²) in [4.78, 5) is 13.3. The molecule has 0 saturated carbocycles. The second-order valence-electron chi connectivity index (χ2n) is 7.09. The van der Waals surface area contributed by atoms with Crippen molar-refractivity contribution in [2.75, 3.05) is 10.7 Å². The lowest BCUT2D eigenvalue weighted by molar-refractivity contribution is -0.116. The van der Waals surface area contributed by atoms with E-state index in [1.807, 2.05) is 37.6 Å². The van der Waals surface area contributed by atoms with E-state index in [1.54, 1.807) is 6.07 Å². The highest BCUT2D eigenvalue weighted by molar-refractivity contribution is 8.00. The van der Waals surface area contributed by atoms with Crippen LogP contribution in [0.5, 0.6) is 0 Å². The lowest BCUT2D eigenvalue weighted by atomic mass is 10.0. The van der Waals surface area contributed by atoms with Gasteiger partial charge in [0.25, 0.3) is 0 Å². The summed E-state index contributed by atoms with van der Waals surface area (Å²) in [5.74, 6) is 0.736. The highest BCUT2D eigenvalue weighted by atomic mass is 35.5.